The standard InChI is InChI=1S/C23H13Cl2F2N3O/c24-17-8-13(9-18(25)22(17)31-12-14-3-1-2-4-19(14)27)7-15(11-28)23-29-20-6-5-16(26)10-21(20)30-23/h1-10H,12H2,(H,29,30)/b15-7-. The zero-order chi connectivity index (χ0) is 22.0. The number of benzene rings is 3. The molecule has 0 saturated heterocycles. The van der Waals surface area contributed by atoms with Crippen LogP contribution < -0.4 is 4.74 Å². The van der Waals surface area contributed by atoms with Gasteiger partial charge in [0.25, 0.3) is 0 Å². The Morgan fingerprint density at radius 3 is 2.55 bits per heavy atom. The van der Waals surface area contributed by atoms with E-state index in [2.05, 4.69) is 16.0 Å². The van der Waals surface area contributed by atoms with Crippen molar-refractivity contribution in [1.82, 2.24) is 9.97 Å². The first-order valence-electron chi connectivity index (χ1n) is 9.07. The fourth-order valence-corrected chi connectivity index (χ4v) is 3.61. The highest BCUT2D eigenvalue weighted by Crippen LogP contribution is 2.36. The Hall–Kier alpha value is -3.40. The highest BCUT2D eigenvalue weighted by atomic mass is 35.5. The van der Waals surface area contributed by atoms with Crippen molar-refractivity contribution in [3.8, 4) is 11.8 Å². The molecule has 154 valence electrons. The molecule has 0 radical (unpaired) electrons. The fraction of sp³-hybridized carbons (Fsp3) is 0.0435. The second kappa shape index (κ2) is 8.76. The molecule has 0 aliphatic rings. The third-order valence-corrected chi connectivity index (χ3v) is 5.04. The molecule has 0 atom stereocenters. The topological polar surface area (TPSA) is 61.7 Å². The largest absolute Gasteiger partial charge is 0.486 e. The Balaban J connectivity index is 1.62. The van der Waals surface area contributed by atoms with E-state index in [1.165, 1.54) is 24.3 Å². The monoisotopic (exact) mass is 455 g/mol. The van der Waals surface area contributed by atoms with Crippen molar-refractivity contribution in [2.24, 2.45) is 0 Å². The summed E-state index contributed by atoms with van der Waals surface area (Å²) in [6.45, 7) is -0.0414. The SMILES string of the molecule is N#C/C(=C/c1cc(Cl)c(OCc2ccccc2F)c(Cl)c1)c1nc2ccc(F)cc2[nH]1. The summed E-state index contributed by atoms with van der Waals surface area (Å²) >= 11 is 12.6. The molecular formula is C23H13Cl2F2N3O. The highest BCUT2D eigenvalue weighted by Gasteiger charge is 2.13. The van der Waals surface area contributed by atoms with E-state index in [-0.39, 0.29) is 33.8 Å². The van der Waals surface area contributed by atoms with E-state index >= 15 is 0 Å². The van der Waals surface area contributed by atoms with Gasteiger partial charge in [-0.1, -0.05) is 41.4 Å². The summed E-state index contributed by atoms with van der Waals surface area (Å²) in [5, 5.41) is 9.99. The van der Waals surface area contributed by atoms with Crippen molar-refractivity contribution in [3.05, 3.63) is 93.2 Å². The number of nitrogens with zero attached hydrogens (tertiary/aromatic N) is 2. The third kappa shape index (κ3) is 4.53. The maximum atomic E-state index is 13.8. The minimum Gasteiger partial charge on any atom is -0.486 e. The van der Waals surface area contributed by atoms with Gasteiger partial charge in [0.1, 0.15) is 30.1 Å². The Bertz CT molecular complexity index is 1340. The van der Waals surface area contributed by atoms with Gasteiger partial charge in [-0.25, -0.2) is 13.8 Å². The summed E-state index contributed by atoms with van der Waals surface area (Å²) in [4.78, 5) is 7.24. The number of allylic oxidation sites excluding steroid dienone is 1. The lowest BCUT2D eigenvalue weighted by molar-refractivity contribution is 0.300. The molecule has 31 heavy (non-hydrogen) atoms. The molecule has 8 heteroatoms. The molecule has 4 aromatic rings. The first-order chi connectivity index (χ1) is 14.9. The molecule has 0 aliphatic heterocycles. The number of fused-ring (bicyclic) bond motifs is 1. The molecule has 1 aromatic heterocycles. The second-order valence-corrected chi connectivity index (χ2v) is 7.42. The van der Waals surface area contributed by atoms with Crippen LogP contribution >= 0.6 is 23.2 Å². The van der Waals surface area contributed by atoms with Crippen LogP contribution in [0.15, 0.2) is 54.6 Å². The maximum absolute atomic E-state index is 13.8. The van der Waals surface area contributed by atoms with Gasteiger partial charge in [0.15, 0.2) is 5.75 Å². The van der Waals surface area contributed by atoms with Gasteiger partial charge in [0.05, 0.1) is 26.7 Å². The van der Waals surface area contributed by atoms with E-state index in [0.29, 0.717) is 22.2 Å². The van der Waals surface area contributed by atoms with Crippen LogP contribution in [-0.4, -0.2) is 9.97 Å². The smallest absolute Gasteiger partial charge is 0.157 e. The first kappa shape index (κ1) is 20.9. The van der Waals surface area contributed by atoms with Crippen LogP contribution in [0.2, 0.25) is 10.0 Å². The van der Waals surface area contributed by atoms with Crippen molar-refractivity contribution < 1.29 is 13.5 Å². The second-order valence-electron chi connectivity index (χ2n) is 6.61. The molecule has 4 nitrogen and oxygen atoms in total. The lowest BCUT2D eigenvalue weighted by Gasteiger charge is -2.11. The van der Waals surface area contributed by atoms with Crippen LogP contribution in [-0.2, 0) is 6.61 Å². The van der Waals surface area contributed by atoms with Crippen molar-refractivity contribution >= 4 is 45.9 Å². The van der Waals surface area contributed by atoms with Crippen LogP contribution in [0.4, 0.5) is 8.78 Å². The van der Waals surface area contributed by atoms with Crippen molar-refractivity contribution in [2.45, 2.75) is 6.61 Å². The summed E-state index contributed by atoms with van der Waals surface area (Å²) in [7, 11) is 0. The predicted molar refractivity (Wildman–Crippen MR) is 117 cm³/mol. The number of nitrogens with one attached hydrogen (secondary N) is 1. The molecule has 0 spiro atoms. The number of H-pyrrole nitrogens is 1. The van der Waals surface area contributed by atoms with Crippen molar-refractivity contribution in [1.29, 1.82) is 5.26 Å². The highest BCUT2D eigenvalue weighted by molar-refractivity contribution is 6.37. The van der Waals surface area contributed by atoms with E-state index in [0.717, 1.165) is 0 Å². The molecule has 0 fully saturated rings. The minimum atomic E-state index is -0.408. The molecule has 0 unspecified atom stereocenters. The number of aromatic nitrogens is 2. The normalized spacial score (nSPS) is 11.5. The fourth-order valence-electron chi connectivity index (χ4n) is 3.00. The number of rotatable bonds is 5. The van der Waals surface area contributed by atoms with Gasteiger partial charge in [0, 0.05) is 5.56 Å². The number of aromatic amines is 1. The summed E-state index contributed by atoms with van der Waals surface area (Å²) in [6.07, 6.45) is 1.55. The lowest BCUT2D eigenvalue weighted by Crippen LogP contribution is -1.99. The molecule has 1 heterocycles. The van der Waals surface area contributed by atoms with Gasteiger partial charge < -0.3 is 9.72 Å². The molecule has 4 rings (SSSR count). The summed E-state index contributed by atoms with van der Waals surface area (Å²) < 4.78 is 32.8. The van der Waals surface area contributed by atoms with Crippen molar-refractivity contribution in [3.63, 3.8) is 0 Å². The average molecular weight is 456 g/mol. The number of hydrogen-bond acceptors (Lipinski definition) is 3. The van der Waals surface area contributed by atoms with E-state index in [9.17, 15) is 14.0 Å². The van der Waals surface area contributed by atoms with Gasteiger partial charge in [-0.3, -0.25) is 0 Å². The molecule has 0 bridgehead atoms. The number of nitriles is 1. The maximum Gasteiger partial charge on any atom is 0.157 e. The Morgan fingerprint density at radius 2 is 1.84 bits per heavy atom. The third-order valence-electron chi connectivity index (χ3n) is 4.48. The van der Waals surface area contributed by atoms with Crippen LogP contribution in [0.3, 0.4) is 0 Å². The molecule has 1 N–H and O–H groups in total. The van der Waals surface area contributed by atoms with Gasteiger partial charge in [-0.2, -0.15) is 5.26 Å². The predicted octanol–water partition coefficient (Wildman–Crippen LogP) is 6.79. The molecular weight excluding hydrogens is 443 g/mol. The Kier molecular flexibility index (Phi) is 5.90. The number of imidazole rings is 1. The van der Waals surface area contributed by atoms with E-state index in [4.69, 9.17) is 27.9 Å². The van der Waals surface area contributed by atoms with Gasteiger partial charge >= 0.3 is 0 Å². The van der Waals surface area contributed by atoms with E-state index < -0.39 is 11.6 Å². The van der Waals surface area contributed by atoms with E-state index in [1.807, 2.05) is 0 Å². The van der Waals surface area contributed by atoms with Gasteiger partial charge in [-0.15, -0.1) is 0 Å². The summed E-state index contributed by atoms with van der Waals surface area (Å²) in [6, 6.07) is 15.6. The van der Waals surface area contributed by atoms with Crippen LogP contribution in [0.5, 0.6) is 5.75 Å². The molecule has 0 amide bonds. The van der Waals surface area contributed by atoms with E-state index in [1.54, 1.807) is 36.4 Å². The summed E-state index contributed by atoms with van der Waals surface area (Å²) in [5.41, 5.74) is 2.13. The van der Waals surface area contributed by atoms with Crippen LogP contribution in [0.1, 0.15) is 17.0 Å². The van der Waals surface area contributed by atoms with Gasteiger partial charge in [0.2, 0.25) is 0 Å². The molecule has 3 aromatic carbocycles. The first-order valence-corrected chi connectivity index (χ1v) is 9.83. The molecule has 0 saturated carbocycles. The number of hydrogen-bond donors (Lipinski definition) is 1. The summed E-state index contributed by atoms with van der Waals surface area (Å²) in [5.74, 6) is -0.301. The zero-order valence-electron chi connectivity index (χ0n) is 15.8. The Morgan fingerprint density at radius 1 is 1.10 bits per heavy atom. The number of halogens is 4. The van der Waals surface area contributed by atoms with Crippen molar-refractivity contribution in [2.75, 3.05) is 0 Å². The average Bonchev–Trinajstić information content (AvgIpc) is 3.15. The molecule has 0 aliphatic carbocycles. The van der Waals surface area contributed by atoms with Crippen LogP contribution in [0.25, 0.3) is 22.7 Å². The zero-order valence-corrected chi connectivity index (χ0v) is 17.3. The van der Waals surface area contributed by atoms with Crippen LogP contribution in [0, 0.1) is 23.0 Å². The van der Waals surface area contributed by atoms with Gasteiger partial charge in [-0.05, 0) is 48.0 Å². The Labute approximate surface area is 186 Å². The number of ether oxygens (including phenoxy) is 1. The quantitative estimate of drug-likeness (QED) is 0.337. The minimum absolute atomic E-state index is 0.0414. The lowest BCUT2D eigenvalue weighted by atomic mass is 10.1.